The molecule has 1 atom stereocenters. The van der Waals surface area contributed by atoms with Gasteiger partial charge in [-0.3, -0.25) is 4.21 Å². The van der Waals surface area contributed by atoms with E-state index in [0.717, 1.165) is 5.56 Å². The monoisotopic (exact) mass is 202 g/mol. The fourth-order valence-corrected chi connectivity index (χ4v) is 1.43. The molecule has 1 aromatic carbocycles. The van der Waals surface area contributed by atoms with Crippen LogP contribution in [0, 0.1) is 12.7 Å². The standard InChI is InChI=1S/C8H9FOS.C2H6/c1-6-3-4-8(11(2)10)7(9)5-6;1-2/h3-5H,1-2H3;1-2H3. The highest BCUT2D eigenvalue weighted by Crippen LogP contribution is 2.12. The Hall–Kier alpha value is -0.700. The normalized spacial score (nSPS) is 11.5. The largest absolute Gasteiger partial charge is 0.255 e. The van der Waals surface area contributed by atoms with Gasteiger partial charge in [-0.1, -0.05) is 19.9 Å². The molecule has 3 heteroatoms. The fourth-order valence-electron chi connectivity index (χ4n) is 0.839. The van der Waals surface area contributed by atoms with Crippen LogP contribution in [0.5, 0.6) is 0 Å². The summed E-state index contributed by atoms with van der Waals surface area (Å²) in [6.45, 7) is 5.80. The number of rotatable bonds is 1. The van der Waals surface area contributed by atoms with Crippen molar-refractivity contribution in [2.75, 3.05) is 6.26 Å². The summed E-state index contributed by atoms with van der Waals surface area (Å²) in [5.74, 6) is -0.383. The summed E-state index contributed by atoms with van der Waals surface area (Å²) in [5.41, 5.74) is 0.844. The number of benzene rings is 1. The molecule has 74 valence electrons. The quantitative estimate of drug-likeness (QED) is 0.684. The highest BCUT2D eigenvalue weighted by molar-refractivity contribution is 7.84. The zero-order valence-electron chi connectivity index (χ0n) is 8.43. The van der Waals surface area contributed by atoms with E-state index in [-0.39, 0.29) is 10.7 Å². The molecule has 13 heavy (non-hydrogen) atoms. The van der Waals surface area contributed by atoms with E-state index in [9.17, 15) is 8.60 Å². The molecule has 1 rings (SSSR count). The molecule has 0 saturated heterocycles. The summed E-state index contributed by atoms with van der Waals surface area (Å²) < 4.78 is 23.8. The molecule has 0 radical (unpaired) electrons. The molecule has 1 nitrogen and oxygen atoms in total. The van der Waals surface area contributed by atoms with Crippen LogP contribution in [0.3, 0.4) is 0 Å². The first kappa shape index (κ1) is 12.3. The van der Waals surface area contributed by atoms with Gasteiger partial charge in [0.15, 0.2) is 0 Å². The van der Waals surface area contributed by atoms with Crippen LogP contribution in [0.4, 0.5) is 4.39 Å². The predicted molar refractivity (Wildman–Crippen MR) is 54.8 cm³/mol. The van der Waals surface area contributed by atoms with Crippen molar-refractivity contribution in [3.63, 3.8) is 0 Å². The van der Waals surface area contributed by atoms with Gasteiger partial charge in [-0.2, -0.15) is 0 Å². The van der Waals surface area contributed by atoms with E-state index in [2.05, 4.69) is 0 Å². The van der Waals surface area contributed by atoms with Gasteiger partial charge in [0.05, 0.1) is 15.7 Å². The average molecular weight is 202 g/mol. The van der Waals surface area contributed by atoms with E-state index in [1.165, 1.54) is 12.3 Å². The molecule has 0 aliphatic rings. The maximum atomic E-state index is 12.9. The minimum absolute atomic E-state index is 0.274. The summed E-state index contributed by atoms with van der Waals surface area (Å²) in [6, 6.07) is 4.69. The van der Waals surface area contributed by atoms with E-state index in [1.54, 1.807) is 19.1 Å². The van der Waals surface area contributed by atoms with Crippen molar-refractivity contribution in [3.8, 4) is 0 Å². The van der Waals surface area contributed by atoms with Crippen molar-refractivity contribution < 1.29 is 8.60 Å². The lowest BCUT2D eigenvalue weighted by molar-refractivity contribution is 0.595. The molecule has 0 aromatic heterocycles. The minimum Gasteiger partial charge on any atom is -0.255 e. The Kier molecular flexibility index (Phi) is 5.55. The second-order valence-corrected chi connectivity index (χ2v) is 3.74. The van der Waals surface area contributed by atoms with Crippen LogP contribution in [0.15, 0.2) is 23.1 Å². The number of hydrogen-bond acceptors (Lipinski definition) is 1. The second kappa shape index (κ2) is 5.86. The van der Waals surface area contributed by atoms with Gasteiger partial charge in [-0.25, -0.2) is 4.39 Å². The van der Waals surface area contributed by atoms with Gasteiger partial charge in [0.25, 0.3) is 0 Å². The third-order valence-corrected chi connectivity index (χ3v) is 2.35. The summed E-state index contributed by atoms with van der Waals surface area (Å²) in [4.78, 5) is 0.274. The molecule has 1 unspecified atom stereocenters. The molecule has 0 saturated carbocycles. The molecule has 0 aliphatic carbocycles. The molecule has 0 aliphatic heterocycles. The Morgan fingerprint density at radius 1 is 1.31 bits per heavy atom. The molecular weight excluding hydrogens is 187 g/mol. The van der Waals surface area contributed by atoms with Crippen LogP contribution < -0.4 is 0 Å². The van der Waals surface area contributed by atoms with Crippen LogP contribution in [-0.4, -0.2) is 10.5 Å². The Morgan fingerprint density at radius 2 is 1.85 bits per heavy atom. The summed E-state index contributed by atoms with van der Waals surface area (Å²) >= 11 is 0. The van der Waals surface area contributed by atoms with Gasteiger partial charge in [0.2, 0.25) is 0 Å². The van der Waals surface area contributed by atoms with Gasteiger partial charge in [0.1, 0.15) is 5.82 Å². The van der Waals surface area contributed by atoms with Crippen molar-refractivity contribution >= 4 is 10.8 Å². The van der Waals surface area contributed by atoms with Crippen molar-refractivity contribution in [1.29, 1.82) is 0 Å². The van der Waals surface area contributed by atoms with Crippen LogP contribution in [-0.2, 0) is 10.8 Å². The van der Waals surface area contributed by atoms with E-state index < -0.39 is 10.8 Å². The fraction of sp³-hybridized carbons (Fsp3) is 0.400. The number of aryl methyl sites for hydroxylation is 1. The topological polar surface area (TPSA) is 17.1 Å². The van der Waals surface area contributed by atoms with Gasteiger partial charge in [-0.05, 0) is 24.6 Å². The van der Waals surface area contributed by atoms with E-state index in [1.807, 2.05) is 13.8 Å². The zero-order chi connectivity index (χ0) is 10.4. The van der Waals surface area contributed by atoms with E-state index >= 15 is 0 Å². The summed E-state index contributed by atoms with van der Waals surface area (Å²) in [7, 11) is -1.22. The Morgan fingerprint density at radius 3 is 2.23 bits per heavy atom. The first-order valence-corrected chi connectivity index (χ1v) is 5.76. The van der Waals surface area contributed by atoms with E-state index in [0.29, 0.717) is 0 Å². The molecule has 0 bridgehead atoms. The van der Waals surface area contributed by atoms with Crippen LogP contribution >= 0.6 is 0 Å². The number of halogens is 1. The lowest BCUT2D eigenvalue weighted by Crippen LogP contribution is -1.92. The third-order valence-electron chi connectivity index (χ3n) is 1.40. The first-order valence-electron chi connectivity index (χ1n) is 4.21. The van der Waals surface area contributed by atoms with Crippen LogP contribution in [0.1, 0.15) is 19.4 Å². The lowest BCUT2D eigenvalue weighted by Gasteiger charge is -1.98. The molecule has 0 amide bonds. The highest BCUT2D eigenvalue weighted by Gasteiger charge is 2.04. The lowest BCUT2D eigenvalue weighted by atomic mass is 10.2. The third kappa shape index (κ3) is 3.68. The van der Waals surface area contributed by atoms with Crippen molar-refractivity contribution in [2.24, 2.45) is 0 Å². The molecule has 0 fully saturated rings. The Labute approximate surface area is 81.4 Å². The van der Waals surface area contributed by atoms with Crippen molar-refractivity contribution in [2.45, 2.75) is 25.7 Å². The Bertz CT molecular complexity index is 297. The van der Waals surface area contributed by atoms with Crippen molar-refractivity contribution in [3.05, 3.63) is 29.6 Å². The molecule has 1 aromatic rings. The maximum Gasteiger partial charge on any atom is 0.139 e. The van der Waals surface area contributed by atoms with Gasteiger partial charge >= 0.3 is 0 Å². The highest BCUT2D eigenvalue weighted by atomic mass is 32.2. The van der Waals surface area contributed by atoms with Gasteiger partial charge < -0.3 is 0 Å². The van der Waals surface area contributed by atoms with Crippen LogP contribution in [0.2, 0.25) is 0 Å². The van der Waals surface area contributed by atoms with Gasteiger partial charge in [-0.15, -0.1) is 0 Å². The smallest absolute Gasteiger partial charge is 0.139 e. The average Bonchev–Trinajstić information content (AvgIpc) is 2.07. The predicted octanol–water partition coefficient (Wildman–Crippen LogP) is 2.90. The van der Waals surface area contributed by atoms with Crippen molar-refractivity contribution in [1.82, 2.24) is 0 Å². The van der Waals surface area contributed by atoms with Crippen LogP contribution in [0.25, 0.3) is 0 Å². The zero-order valence-corrected chi connectivity index (χ0v) is 9.24. The summed E-state index contributed by atoms with van der Waals surface area (Å²) in [6.07, 6.45) is 1.47. The molecular formula is C10H15FOS. The minimum atomic E-state index is -1.22. The first-order chi connectivity index (χ1) is 6.11. The maximum absolute atomic E-state index is 12.9. The molecule has 0 spiro atoms. The van der Waals surface area contributed by atoms with E-state index in [4.69, 9.17) is 0 Å². The Balaban J connectivity index is 0.000000671. The SMILES string of the molecule is CC.Cc1ccc(S(C)=O)c(F)c1. The molecule has 0 heterocycles. The molecule has 0 N–H and O–H groups in total. The summed E-state index contributed by atoms with van der Waals surface area (Å²) in [5, 5.41) is 0. The number of hydrogen-bond donors (Lipinski definition) is 0. The van der Waals surface area contributed by atoms with Gasteiger partial charge in [0, 0.05) is 6.26 Å². The second-order valence-electron chi connectivity index (χ2n) is 2.39.